The summed E-state index contributed by atoms with van der Waals surface area (Å²) < 4.78 is 13.8. The van der Waals surface area contributed by atoms with Crippen LogP contribution < -0.4 is 4.74 Å². The van der Waals surface area contributed by atoms with Gasteiger partial charge in [-0.25, -0.2) is 9.78 Å². The third-order valence-electron chi connectivity index (χ3n) is 12.2. The quantitative estimate of drug-likeness (QED) is 0.136. The molecule has 2 aromatic carbocycles. The number of aryl methyl sites for hydroxylation is 1. The molecule has 2 aliphatic rings. The molecule has 0 atom stereocenters. The summed E-state index contributed by atoms with van der Waals surface area (Å²) in [4.78, 5) is 55.2. The number of nitrogens with zero attached hydrogens (tertiary/aromatic N) is 7. The number of carbonyl (C=O) groups excluding carboxylic acids is 3. The fraction of sp³-hybridized carbons (Fsp3) is 0.438. The summed E-state index contributed by atoms with van der Waals surface area (Å²) >= 11 is 14.5. The van der Waals surface area contributed by atoms with Gasteiger partial charge in [0.25, 0.3) is 0 Å². The van der Waals surface area contributed by atoms with E-state index in [9.17, 15) is 14.4 Å². The van der Waals surface area contributed by atoms with Gasteiger partial charge in [-0.05, 0) is 83.3 Å². The maximum Gasteiger partial charge on any atom is 0.410 e. The summed E-state index contributed by atoms with van der Waals surface area (Å²) in [6.45, 7) is 12.6. The molecule has 12 nitrogen and oxygen atoms in total. The van der Waals surface area contributed by atoms with Crippen LogP contribution in [-0.2, 0) is 34.5 Å². The van der Waals surface area contributed by atoms with Crippen molar-refractivity contribution in [2.24, 2.45) is 7.05 Å². The van der Waals surface area contributed by atoms with E-state index in [1.165, 1.54) is 5.56 Å². The average molecular weight is 883 g/mol. The van der Waals surface area contributed by atoms with Gasteiger partial charge in [0.2, 0.25) is 11.8 Å². The molecule has 0 N–H and O–H groups in total. The Labute approximate surface area is 374 Å². The molecule has 62 heavy (non-hydrogen) atoms. The van der Waals surface area contributed by atoms with Crippen LogP contribution in [0.2, 0.25) is 10.0 Å². The molecule has 0 unspecified atom stereocenters. The minimum absolute atomic E-state index is 0.0342. The highest BCUT2D eigenvalue weighted by Crippen LogP contribution is 2.42. The standard InChI is InChI=1S/C48H57Cl2N7O5/c1-30(58)55-22-17-35(18-23-55)53(6)27-34-28-54(7)46-37(34)14-15-41(52-46)40-11-9-10-38(43(40)49)39-16-21-51-45(44(39)50)32-12-13-33(42(26-32)61-8)29-57(47(60)62-48(3,4)5)36-19-24-56(25-20-36)31(2)59/h9-16,21,26,28,35-36H,17-20,22-25,27,29H2,1-8H3. The Hall–Kier alpha value is -5.17. The van der Waals surface area contributed by atoms with Crippen LogP contribution in [0.1, 0.15) is 71.4 Å². The lowest BCUT2D eigenvalue weighted by Gasteiger charge is -2.39. The number of likely N-dealkylation sites (tertiary alicyclic amines) is 2. The summed E-state index contributed by atoms with van der Waals surface area (Å²) in [7, 11) is 5.78. The Balaban J connectivity index is 1.13. The van der Waals surface area contributed by atoms with E-state index in [0.29, 0.717) is 53.5 Å². The van der Waals surface area contributed by atoms with Crippen LogP contribution in [0.5, 0.6) is 5.75 Å². The second-order valence-corrected chi connectivity index (χ2v) is 18.3. The summed E-state index contributed by atoms with van der Waals surface area (Å²) in [5.74, 6) is 0.756. The number of ether oxygens (including phenoxy) is 2. The van der Waals surface area contributed by atoms with Gasteiger partial charge in [0, 0.05) is 111 Å². The molecule has 0 radical (unpaired) electrons. The average Bonchev–Trinajstić information content (AvgIpc) is 3.55. The third kappa shape index (κ3) is 9.72. The number of rotatable bonds is 10. The van der Waals surface area contributed by atoms with Crippen molar-refractivity contribution in [3.8, 4) is 39.4 Å². The van der Waals surface area contributed by atoms with Crippen molar-refractivity contribution in [3.05, 3.63) is 88.2 Å². The van der Waals surface area contributed by atoms with Gasteiger partial charge in [0.1, 0.15) is 17.0 Å². The van der Waals surface area contributed by atoms with E-state index in [-0.39, 0.29) is 24.4 Å². The highest BCUT2D eigenvalue weighted by molar-refractivity contribution is 6.39. The zero-order chi connectivity index (χ0) is 44.5. The number of piperidine rings is 2. The maximum atomic E-state index is 13.6. The van der Waals surface area contributed by atoms with Crippen molar-refractivity contribution >= 4 is 52.1 Å². The second-order valence-electron chi connectivity index (χ2n) is 17.5. The molecule has 5 aromatic rings. The molecule has 0 aliphatic carbocycles. The second kappa shape index (κ2) is 18.7. The fourth-order valence-corrected chi connectivity index (χ4v) is 9.43. The molecule has 3 amide bonds. The Kier molecular flexibility index (Phi) is 13.5. The summed E-state index contributed by atoms with van der Waals surface area (Å²) in [5, 5.41) is 2.04. The first-order valence-electron chi connectivity index (χ1n) is 21.3. The van der Waals surface area contributed by atoms with Gasteiger partial charge in [-0.3, -0.25) is 19.5 Å². The molecule has 328 valence electrons. The number of methoxy groups -OCH3 is 1. The minimum atomic E-state index is -0.676. The number of amides is 3. The molecule has 3 aromatic heterocycles. The molecule has 0 saturated carbocycles. The number of carbonyl (C=O) groups is 3. The van der Waals surface area contributed by atoms with Crippen molar-refractivity contribution in [2.45, 2.75) is 91.1 Å². The van der Waals surface area contributed by atoms with E-state index in [2.05, 4.69) is 28.8 Å². The molecular weight excluding hydrogens is 825 g/mol. The van der Waals surface area contributed by atoms with E-state index >= 15 is 0 Å². The maximum absolute atomic E-state index is 13.6. The normalized spacial score (nSPS) is 15.3. The van der Waals surface area contributed by atoms with E-state index in [1.54, 1.807) is 32.1 Å². The lowest BCUT2D eigenvalue weighted by Crippen LogP contribution is -2.49. The first-order valence-corrected chi connectivity index (χ1v) is 22.1. The number of halogens is 2. The van der Waals surface area contributed by atoms with Crippen LogP contribution in [0.3, 0.4) is 0 Å². The van der Waals surface area contributed by atoms with E-state index in [0.717, 1.165) is 77.0 Å². The van der Waals surface area contributed by atoms with Crippen molar-refractivity contribution in [2.75, 3.05) is 40.3 Å². The molecule has 2 fully saturated rings. The van der Waals surface area contributed by atoms with Crippen LogP contribution >= 0.6 is 23.2 Å². The monoisotopic (exact) mass is 881 g/mol. The number of benzene rings is 2. The highest BCUT2D eigenvalue weighted by atomic mass is 35.5. The van der Waals surface area contributed by atoms with Gasteiger partial charge < -0.3 is 28.7 Å². The fourth-order valence-electron chi connectivity index (χ4n) is 8.78. The lowest BCUT2D eigenvalue weighted by atomic mass is 9.98. The number of hydrogen-bond donors (Lipinski definition) is 0. The Morgan fingerprint density at radius 3 is 2.06 bits per heavy atom. The number of aromatic nitrogens is 3. The molecule has 7 rings (SSSR count). The van der Waals surface area contributed by atoms with Crippen LogP contribution in [-0.4, -0.2) is 110 Å². The third-order valence-corrected chi connectivity index (χ3v) is 13.0. The number of hydrogen-bond acceptors (Lipinski definition) is 8. The van der Waals surface area contributed by atoms with Crippen LogP contribution in [0.25, 0.3) is 44.7 Å². The van der Waals surface area contributed by atoms with Crippen molar-refractivity contribution in [1.82, 2.24) is 34.1 Å². The van der Waals surface area contributed by atoms with Gasteiger partial charge in [0.05, 0.1) is 35.1 Å². The molecule has 0 bridgehead atoms. The molecule has 2 saturated heterocycles. The van der Waals surface area contributed by atoms with E-state index in [4.69, 9.17) is 42.6 Å². The lowest BCUT2D eigenvalue weighted by molar-refractivity contribution is -0.131. The minimum Gasteiger partial charge on any atom is -0.496 e. The van der Waals surface area contributed by atoms with Crippen molar-refractivity contribution in [3.63, 3.8) is 0 Å². The van der Waals surface area contributed by atoms with Crippen molar-refractivity contribution in [1.29, 1.82) is 0 Å². The largest absolute Gasteiger partial charge is 0.496 e. The molecule has 0 spiro atoms. The zero-order valence-corrected chi connectivity index (χ0v) is 38.5. The van der Waals surface area contributed by atoms with Gasteiger partial charge in [-0.2, -0.15) is 0 Å². The smallest absolute Gasteiger partial charge is 0.410 e. The van der Waals surface area contributed by atoms with Crippen LogP contribution in [0, 0.1) is 0 Å². The summed E-state index contributed by atoms with van der Waals surface area (Å²) in [5.41, 5.74) is 6.48. The molecule has 5 heterocycles. The predicted molar refractivity (Wildman–Crippen MR) is 245 cm³/mol. The van der Waals surface area contributed by atoms with E-state index < -0.39 is 11.7 Å². The summed E-state index contributed by atoms with van der Waals surface area (Å²) in [6.07, 6.45) is 6.68. The van der Waals surface area contributed by atoms with Gasteiger partial charge in [0.15, 0.2) is 0 Å². The van der Waals surface area contributed by atoms with Crippen LogP contribution in [0.15, 0.2) is 67.0 Å². The van der Waals surface area contributed by atoms with Gasteiger partial charge in [-0.1, -0.05) is 53.5 Å². The first kappa shape index (κ1) is 44.9. The Morgan fingerprint density at radius 2 is 1.44 bits per heavy atom. The van der Waals surface area contributed by atoms with Gasteiger partial charge >= 0.3 is 6.09 Å². The Morgan fingerprint density at radius 1 is 0.806 bits per heavy atom. The molecule has 14 heteroatoms. The van der Waals surface area contributed by atoms with E-state index in [1.807, 2.05) is 86.1 Å². The number of fused-ring (bicyclic) bond motifs is 1. The SMILES string of the molecule is COc1cc(-c2nccc(-c3cccc(-c4ccc5c(CN(C)C6CCN(C(C)=O)CC6)cn(C)c5n4)c3Cl)c2Cl)ccc1CN(C(=O)OC(C)(C)C)C1CCN(C(C)=O)CC1. The number of pyridine rings is 2. The van der Waals surface area contributed by atoms with Crippen LogP contribution in [0.4, 0.5) is 4.79 Å². The first-order chi connectivity index (χ1) is 29.5. The van der Waals surface area contributed by atoms with Crippen molar-refractivity contribution < 1.29 is 23.9 Å². The molecule has 2 aliphatic heterocycles. The highest BCUT2D eigenvalue weighted by Gasteiger charge is 2.33. The zero-order valence-electron chi connectivity index (χ0n) is 37.0. The van der Waals surface area contributed by atoms with Gasteiger partial charge in [-0.15, -0.1) is 0 Å². The molecular formula is C48H57Cl2N7O5. The summed E-state index contributed by atoms with van der Waals surface area (Å²) in [6, 6.07) is 17.9. The predicted octanol–water partition coefficient (Wildman–Crippen LogP) is 9.48. The topological polar surface area (TPSA) is 113 Å². The Bertz CT molecular complexity index is 2470.